The third-order valence-electron chi connectivity index (χ3n) is 4.70. The number of pyridine rings is 2. The molecule has 0 radical (unpaired) electrons. The van der Waals surface area contributed by atoms with Gasteiger partial charge in [0.25, 0.3) is 0 Å². The summed E-state index contributed by atoms with van der Waals surface area (Å²) < 4.78 is 0. The molecule has 124 valence electrons. The smallest absolute Gasteiger partial charge is 0.137 e. The molecule has 0 fully saturated rings. The van der Waals surface area contributed by atoms with E-state index in [0.29, 0.717) is 0 Å². The zero-order valence-electron chi connectivity index (χ0n) is 14.1. The molecule has 5 heteroatoms. The summed E-state index contributed by atoms with van der Waals surface area (Å²) >= 11 is 0. The molecule has 4 heterocycles. The number of rotatable bonds is 2. The quantitative estimate of drug-likeness (QED) is 0.513. The Hall–Kier alpha value is -3.60. The lowest BCUT2D eigenvalue weighted by Gasteiger charge is -2.06. The van der Waals surface area contributed by atoms with Gasteiger partial charge in [0.05, 0.1) is 5.52 Å². The first-order valence-electron chi connectivity index (χ1n) is 8.38. The summed E-state index contributed by atoms with van der Waals surface area (Å²) in [6, 6.07) is 10.4. The van der Waals surface area contributed by atoms with Crippen molar-refractivity contribution >= 4 is 21.9 Å². The Labute approximate surface area is 149 Å². The predicted molar refractivity (Wildman–Crippen MR) is 103 cm³/mol. The fourth-order valence-electron chi connectivity index (χ4n) is 3.31. The van der Waals surface area contributed by atoms with Gasteiger partial charge >= 0.3 is 0 Å². The zero-order valence-corrected chi connectivity index (χ0v) is 14.1. The van der Waals surface area contributed by atoms with Gasteiger partial charge in [-0.2, -0.15) is 0 Å². The summed E-state index contributed by atoms with van der Waals surface area (Å²) in [5.41, 5.74) is 7.38. The molecule has 5 aromatic rings. The topological polar surface area (TPSA) is 67.3 Å². The molecule has 0 aliphatic carbocycles. The average Bonchev–Trinajstić information content (AvgIpc) is 3.11. The molecule has 4 aromatic heterocycles. The van der Waals surface area contributed by atoms with Crippen LogP contribution in [0.3, 0.4) is 0 Å². The molecule has 0 saturated heterocycles. The third-order valence-corrected chi connectivity index (χ3v) is 4.70. The van der Waals surface area contributed by atoms with Gasteiger partial charge in [-0.15, -0.1) is 0 Å². The molecule has 26 heavy (non-hydrogen) atoms. The van der Waals surface area contributed by atoms with Crippen molar-refractivity contribution in [3.63, 3.8) is 0 Å². The number of hydrogen-bond acceptors (Lipinski definition) is 4. The zero-order chi connectivity index (χ0) is 17.5. The van der Waals surface area contributed by atoms with Crippen LogP contribution in [-0.4, -0.2) is 24.9 Å². The lowest BCUT2D eigenvalue weighted by molar-refractivity contribution is 1.22. The Bertz CT molecular complexity index is 1260. The maximum Gasteiger partial charge on any atom is 0.137 e. The molecular formula is C21H15N5. The molecule has 0 atom stereocenters. The predicted octanol–water partition coefficient (Wildman–Crippen LogP) is 4.54. The molecule has 5 nitrogen and oxygen atoms in total. The number of hydrogen-bond donors (Lipinski definition) is 1. The van der Waals surface area contributed by atoms with Gasteiger partial charge in [-0.3, -0.25) is 4.98 Å². The van der Waals surface area contributed by atoms with Crippen molar-refractivity contribution in [1.29, 1.82) is 0 Å². The Kier molecular flexibility index (Phi) is 3.25. The average molecular weight is 337 g/mol. The highest BCUT2D eigenvalue weighted by Gasteiger charge is 2.11. The van der Waals surface area contributed by atoms with E-state index in [1.165, 1.54) is 5.56 Å². The highest BCUT2D eigenvalue weighted by Crippen LogP contribution is 2.32. The van der Waals surface area contributed by atoms with Crippen LogP contribution in [0.5, 0.6) is 0 Å². The van der Waals surface area contributed by atoms with Gasteiger partial charge in [0.15, 0.2) is 0 Å². The van der Waals surface area contributed by atoms with E-state index in [-0.39, 0.29) is 0 Å². The largest absolute Gasteiger partial charge is 0.346 e. The van der Waals surface area contributed by atoms with Crippen LogP contribution >= 0.6 is 0 Å². The van der Waals surface area contributed by atoms with Crippen LogP contribution in [0.4, 0.5) is 0 Å². The lowest BCUT2D eigenvalue weighted by Crippen LogP contribution is -1.87. The minimum atomic E-state index is 0.870. The Morgan fingerprint density at radius 2 is 1.81 bits per heavy atom. The normalized spacial score (nSPS) is 11.3. The third kappa shape index (κ3) is 2.33. The summed E-state index contributed by atoms with van der Waals surface area (Å²) in [6.07, 6.45) is 11.0. The number of fused-ring (bicyclic) bond motifs is 2. The maximum absolute atomic E-state index is 4.60. The first kappa shape index (κ1) is 14.7. The SMILES string of the molecule is Cc1ccncc1-c1cnc2[nH]cc(-c3ccc4ncncc4c3)c2c1. The fraction of sp³-hybridized carbons (Fsp3) is 0.0476. The number of aryl methyl sites for hydroxylation is 1. The second-order valence-electron chi connectivity index (χ2n) is 6.31. The van der Waals surface area contributed by atoms with Gasteiger partial charge in [-0.1, -0.05) is 6.07 Å². The van der Waals surface area contributed by atoms with Gasteiger partial charge in [-0.05, 0) is 42.3 Å². The molecular weight excluding hydrogens is 322 g/mol. The number of nitrogens with one attached hydrogen (secondary N) is 1. The molecule has 0 saturated carbocycles. The van der Waals surface area contributed by atoms with Crippen LogP contribution in [0.15, 0.2) is 67.6 Å². The Morgan fingerprint density at radius 3 is 2.73 bits per heavy atom. The molecule has 0 aliphatic rings. The minimum absolute atomic E-state index is 0.870. The van der Waals surface area contributed by atoms with Crippen molar-refractivity contribution in [1.82, 2.24) is 24.9 Å². The van der Waals surface area contributed by atoms with Crippen LogP contribution in [0, 0.1) is 6.92 Å². The monoisotopic (exact) mass is 337 g/mol. The number of aromatic nitrogens is 5. The first-order chi connectivity index (χ1) is 12.8. The maximum atomic E-state index is 4.60. The van der Waals surface area contributed by atoms with E-state index in [4.69, 9.17) is 0 Å². The van der Waals surface area contributed by atoms with Gasteiger partial charge in [-0.25, -0.2) is 15.0 Å². The summed E-state index contributed by atoms with van der Waals surface area (Å²) in [6.45, 7) is 2.09. The van der Waals surface area contributed by atoms with E-state index in [1.54, 1.807) is 6.33 Å². The molecule has 0 bridgehead atoms. The molecule has 1 N–H and O–H groups in total. The van der Waals surface area contributed by atoms with E-state index in [9.17, 15) is 0 Å². The molecule has 1 aromatic carbocycles. The molecule has 5 rings (SSSR count). The summed E-state index contributed by atoms with van der Waals surface area (Å²) in [5.74, 6) is 0. The number of benzene rings is 1. The highest BCUT2D eigenvalue weighted by atomic mass is 14.8. The van der Waals surface area contributed by atoms with Gasteiger partial charge < -0.3 is 4.98 Å². The number of nitrogens with zero attached hydrogens (tertiary/aromatic N) is 4. The van der Waals surface area contributed by atoms with Crippen molar-refractivity contribution in [2.75, 3.05) is 0 Å². The van der Waals surface area contributed by atoms with Gasteiger partial charge in [0.1, 0.15) is 12.0 Å². The van der Waals surface area contributed by atoms with Gasteiger partial charge in [0.2, 0.25) is 0 Å². The summed E-state index contributed by atoms with van der Waals surface area (Å²) in [7, 11) is 0. The molecule has 0 spiro atoms. The van der Waals surface area contributed by atoms with Crippen molar-refractivity contribution in [3.8, 4) is 22.3 Å². The molecule has 0 unspecified atom stereocenters. The van der Waals surface area contributed by atoms with Crippen LogP contribution in [0.2, 0.25) is 0 Å². The van der Waals surface area contributed by atoms with Crippen LogP contribution in [0.1, 0.15) is 5.56 Å². The second-order valence-corrected chi connectivity index (χ2v) is 6.31. The van der Waals surface area contributed by atoms with Crippen molar-refractivity contribution in [3.05, 3.63) is 73.2 Å². The van der Waals surface area contributed by atoms with Crippen molar-refractivity contribution in [2.24, 2.45) is 0 Å². The standard InChI is InChI=1S/C21H15N5/c1-13-4-5-22-10-18(13)15-7-17-19(11-25-21(17)24-9-15)14-2-3-20-16(6-14)8-23-12-26-20/h2-12H,1H3,(H,24,25). The van der Waals surface area contributed by atoms with Crippen LogP contribution < -0.4 is 0 Å². The van der Waals surface area contributed by atoms with E-state index in [0.717, 1.165) is 44.2 Å². The Balaban J connectivity index is 1.70. The van der Waals surface area contributed by atoms with Crippen molar-refractivity contribution in [2.45, 2.75) is 6.92 Å². The number of H-pyrrole nitrogens is 1. The lowest BCUT2D eigenvalue weighted by atomic mass is 10.0. The van der Waals surface area contributed by atoms with Gasteiger partial charge in [0, 0.05) is 58.4 Å². The van der Waals surface area contributed by atoms with Crippen LogP contribution in [-0.2, 0) is 0 Å². The van der Waals surface area contributed by atoms with E-state index in [2.05, 4.69) is 50.0 Å². The number of aromatic amines is 1. The fourth-order valence-corrected chi connectivity index (χ4v) is 3.31. The van der Waals surface area contributed by atoms with E-state index in [1.807, 2.05) is 43.1 Å². The van der Waals surface area contributed by atoms with E-state index >= 15 is 0 Å². The second kappa shape index (κ2) is 5.74. The molecule has 0 aliphatic heterocycles. The van der Waals surface area contributed by atoms with Crippen LogP contribution in [0.25, 0.3) is 44.2 Å². The summed E-state index contributed by atoms with van der Waals surface area (Å²) in [4.78, 5) is 20.5. The highest BCUT2D eigenvalue weighted by molar-refractivity contribution is 5.97. The minimum Gasteiger partial charge on any atom is -0.346 e. The van der Waals surface area contributed by atoms with E-state index < -0.39 is 0 Å². The summed E-state index contributed by atoms with van der Waals surface area (Å²) in [5, 5.41) is 2.11. The molecule has 0 amide bonds. The first-order valence-corrected chi connectivity index (χ1v) is 8.38. The Morgan fingerprint density at radius 1 is 0.846 bits per heavy atom. The van der Waals surface area contributed by atoms with Crippen molar-refractivity contribution < 1.29 is 0 Å².